The smallest absolute Gasteiger partial charge is 0.257 e. The second-order valence-electron chi connectivity index (χ2n) is 13.5. The monoisotopic (exact) mass is 930 g/mol. The van der Waals surface area contributed by atoms with Gasteiger partial charge in [-0.1, -0.05) is 58.0 Å². The minimum Gasteiger partial charge on any atom is -0.353 e. The van der Waals surface area contributed by atoms with E-state index >= 15 is 0 Å². The standard InChI is InChI=1S/C25H23Cl2N5O3.C19H12Cl3N3O2/c1-16(33)31-10-12-32(13-11-31)23-9-4-18(15-28-23)25(35)29-20-7-8-21(27)22(14-20)30-24(34)17-2-5-19(26)6-3-17;20-13-4-1-11(2-5-13)18(26)25-16-9-14(6-7-15(16)21)24-19(27)12-3-8-17(22)23-10-12/h2-9,14-15H,10-13H2,1H3,(H,29,35)(H,30,34);1-10H,(H,24,27)(H,25,26). The molecule has 0 bridgehead atoms. The third-order valence-corrected chi connectivity index (χ3v) is 10.6. The van der Waals surface area contributed by atoms with E-state index in [2.05, 4.69) is 36.1 Å². The zero-order valence-electron chi connectivity index (χ0n) is 32.6. The molecule has 1 aliphatic heterocycles. The first-order valence-electron chi connectivity index (χ1n) is 18.7. The zero-order valence-corrected chi connectivity index (χ0v) is 36.4. The number of carbonyl (C=O) groups is 5. The number of piperazine rings is 1. The van der Waals surface area contributed by atoms with Gasteiger partial charge in [0.05, 0.1) is 32.5 Å². The van der Waals surface area contributed by atoms with E-state index in [-0.39, 0.29) is 29.5 Å². The minimum absolute atomic E-state index is 0.0690. The van der Waals surface area contributed by atoms with Crippen LogP contribution < -0.4 is 26.2 Å². The van der Waals surface area contributed by atoms with E-state index < -0.39 is 0 Å². The molecule has 0 atom stereocenters. The van der Waals surface area contributed by atoms with Crippen molar-refractivity contribution in [3.8, 4) is 0 Å². The molecule has 0 unspecified atom stereocenters. The highest BCUT2D eigenvalue weighted by Crippen LogP contribution is 2.28. The number of anilines is 5. The van der Waals surface area contributed by atoms with Gasteiger partial charge in [-0.25, -0.2) is 9.97 Å². The Bertz CT molecular complexity index is 2590. The van der Waals surface area contributed by atoms with Crippen molar-refractivity contribution in [3.05, 3.63) is 169 Å². The van der Waals surface area contributed by atoms with Crippen LogP contribution in [0.1, 0.15) is 48.4 Å². The molecule has 0 aliphatic carbocycles. The molecular weight excluding hydrogens is 898 g/mol. The van der Waals surface area contributed by atoms with Gasteiger partial charge in [-0.2, -0.15) is 0 Å². The Morgan fingerprint density at radius 3 is 1.31 bits per heavy atom. The third kappa shape index (κ3) is 12.4. The first-order chi connectivity index (χ1) is 29.7. The van der Waals surface area contributed by atoms with Crippen LogP contribution in [0.15, 0.2) is 122 Å². The number of nitrogens with one attached hydrogen (secondary N) is 4. The van der Waals surface area contributed by atoms with E-state index in [9.17, 15) is 24.0 Å². The summed E-state index contributed by atoms with van der Waals surface area (Å²) in [4.78, 5) is 73.5. The SMILES string of the molecule is CC(=O)N1CCN(c2ccc(C(=O)Nc3ccc(Cl)c(NC(=O)c4ccc(Cl)cc4)c3)cn2)CC1.O=C(Nc1ccc(Cl)c(NC(=O)c2ccc(Cl)cc2)c1)c1ccc(Cl)nc1. The van der Waals surface area contributed by atoms with Crippen LogP contribution in [0.25, 0.3) is 0 Å². The zero-order chi connectivity index (χ0) is 44.3. The molecule has 13 nitrogen and oxygen atoms in total. The summed E-state index contributed by atoms with van der Waals surface area (Å²) < 4.78 is 0. The minimum atomic E-state index is -0.364. The summed E-state index contributed by atoms with van der Waals surface area (Å²) in [5.74, 6) is -0.586. The number of hydrogen-bond acceptors (Lipinski definition) is 8. The number of nitrogens with zero attached hydrogens (tertiary/aromatic N) is 4. The Morgan fingerprint density at radius 1 is 0.484 bits per heavy atom. The lowest BCUT2D eigenvalue weighted by atomic mass is 10.2. The number of pyridine rings is 2. The maximum absolute atomic E-state index is 12.7. The lowest BCUT2D eigenvalue weighted by Crippen LogP contribution is -2.48. The Morgan fingerprint density at radius 2 is 0.903 bits per heavy atom. The van der Waals surface area contributed by atoms with E-state index in [1.165, 1.54) is 18.5 Å². The fraction of sp³-hybridized carbons (Fsp3) is 0.114. The van der Waals surface area contributed by atoms with Crippen LogP contribution in [-0.2, 0) is 4.79 Å². The van der Waals surface area contributed by atoms with Gasteiger partial charge in [-0.15, -0.1) is 0 Å². The molecule has 1 aliphatic rings. The number of carbonyl (C=O) groups excluding carboxylic acids is 5. The van der Waals surface area contributed by atoms with Gasteiger partial charge in [-0.05, 0) is 109 Å². The maximum atomic E-state index is 12.7. The molecule has 1 fully saturated rings. The maximum Gasteiger partial charge on any atom is 0.257 e. The second kappa shape index (κ2) is 21.0. The lowest BCUT2D eigenvalue weighted by molar-refractivity contribution is -0.129. The van der Waals surface area contributed by atoms with Gasteiger partial charge >= 0.3 is 0 Å². The number of halogens is 5. The average Bonchev–Trinajstić information content (AvgIpc) is 3.27. The molecule has 0 saturated carbocycles. The van der Waals surface area contributed by atoms with Crippen molar-refractivity contribution in [1.82, 2.24) is 14.9 Å². The van der Waals surface area contributed by atoms with E-state index in [4.69, 9.17) is 58.0 Å². The molecule has 4 N–H and O–H groups in total. The fourth-order valence-electron chi connectivity index (χ4n) is 5.86. The van der Waals surface area contributed by atoms with Crippen LogP contribution in [0.5, 0.6) is 0 Å². The van der Waals surface area contributed by atoms with Gasteiger partial charge in [0.2, 0.25) is 5.91 Å². The molecule has 316 valence electrons. The molecule has 1 saturated heterocycles. The molecule has 4 aromatic carbocycles. The normalized spacial score (nSPS) is 12.0. The highest BCUT2D eigenvalue weighted by atomic mass is 35.5. The Balaban J connectivity index is 0.000000214. The Hall–Kier alpha value is -6.22. The number of amides is 5. The summed E-state index contributed by atoms with van der Waals surface area (Å²) in [6, 6.07) is 29.1. The molecule has 2 aromatic heterocycles. The average molecular weight is 933 g/mol. The van der Waals surface area contributed by atoms with Gasteiger partial charge in [0.25, 0.3) is 23.6 Å². The molecule has 6 aromatic rings. The molecule has 0 radical (unpaired) electrons. The lowest BCUT2D eigenvalue weighted by Gasteiger charge is -2.34. The topological polar surface area (TPSA) is 166 Å². The first kappa shape index (κ1) is 45.3. The Labute approximate surface area is 381 Å². The van der Waals surface area contributed by atoms with Gasteiger partial charge < -0.3 is 31.1 Å². The van der Waals surface area contributed by atoms with Crippen LogP contribution in [0.4, 0.5) is 28.6 Å². The molecule has 18 heteroatoms. The van der Waals surface area contributed by atoms with Crippen molar-refractivity contribution >= 4 is 116 Å². The van der Waals surface area contributed by atoms with Crippen molar-refractivity contribution in [2.24, 2.45) is 0 Å². The third-order valence-electron chi connectivity index (χ3n) is 9.21. The molecule has 62 heavy (non-hydrogen) atoms. The predicted molar refractivity (Wildman–Crippen MR) is 246 cm³/mol. The number of benzene rings is 4. The molecule has 3 heterocycles. The predicted octanol–water partition coefficient (Wildman–Crippen LogP) is 10.1. The van der Waals surface area contributed by atoms with Gasteiger partial charge in [0.15, 0.2) is 0 Å². The molecule has 5 amide bonds. The first-order valence-corrected chi connectivity index (χ1v) is 20.5. The summed E-state index contributed by atoms with van der Waals surface area (Å²) in [7, 11) is 0. The summed E-state index contributed by atoms with van der Waals surface area (Å²) >= 11 is 29.8. The van der Waals surface area contributed by atoms with E-state index in [1.807, 2.05) is 0 Å². The second-order valence-corrected chi connectivity index (χ2v) is 15.6. The quantitative estimate of drug-likeness (QED) is 0.104. The van der Waals surface area contributed by atoms with Crippen molar-refractivity contribution in [2.45, 2.75) is 6.92 Å². The van der Waals surface area contributed by atoms with Crippen molar-refractivity contribution in [3.63, 3.8) is 0 Å². The number of rotatable bonds is 9. The largest absolute Gasteiger partial charge is 0.353 e. The highest BCUT2D eigenvalue weighted by molar-refractivity contribution is 6.35. The van der Waals surface area contributed by atoms with E-state index in [0.717, 1.165) is 5.82 Å². The van der Waals surface area contributed by atoms with Crippen molar-refractivity contribution in [1.29, 1.82) is 0 Å². The van der Waals surface area contributed by atoms with Crippen LogP contribution in [-0.4, -0.2) is 70.6 Å². The van der Waals surface area contributed by atoms with Crippen molar-refractivity contribution in [2.75, 3.05) is 52.3 Å². The molecule has 7 rings (SSSR count). The van der Waals surface area contributed by atoms with Crippen LogP contribution >= 0.6 is 58.0 Å². The summed E-state index contributed by atoms with van der Waals surface area (Å²) in [6.07, 6.45) is 2.89. The Kier molecular flexibility index (Phi) is 15.4. The summed E-state index contributed by atoms with van der Waals surface area (Å²) in [5.41, 5.74) is 3.25. The summed E-state index contributed by atoms with van der Waals surface area (Å²) in [5, 5.41) is 13.0. The van der Waals surface area contributed by atoms with Crippen LogP contribution in [0, 0.1) is 0 Å². The summed E-state index contributed by atoms with van der Waals surface area (Å²) in [6.45, 7) is 4.23. The van der Waals surface area contributed by atoms with Crippen LogP contribution in [0.3, 0.4) is 0 Å². The van der Waals surface area contributed by atoms with Crippen LogP contribution in [0.2, 0.25) is 25.2 Å². The highest BCUT2D eigenvalue weighted by Gasteiger charge is 2.20. The number of hydrogen-bond donors (Lipinski definition) is 4. The van der Waals surface area contributed by atoms with E-state index in [1.54, 1.807) is 115 Å². The van der Waals surface area contributed by atoms with Gasteiger partial charge in [-0.3, -0.25) is 24.0 Å². The van der Waals surface area contributed by atoms with E-state index in [0.29, 0.717) is 96.4 Å². The molecule has 0 spiro atoms. The molecular formula is C44H35Cl5N8O5. The number of aromatic nitrogens is 2. The fourth-order valence-corrected chi connectivity index (χ4v) is 6.56. The van der Waals surface area contributed by atoms with Crippen molar-refractivity contribution < 1.29 is 24.0 Å². The van der Waals surface area contributed by atoms with Gasteiger partial charge in [0.1, 0.15) is 11.0 Å². The van der Waals surface area contributed by atoms with Gasteiger partial charge in [0, 0.05) is 78.0 Å².